The molecule has 3 nitrogen and oxygen atoms in total. The van der Waals surface area contributed by atoms with Crippen LogP contribution in [0.5, 0.6) is 0 Å². The first-order valence-corrected chi connectivity index (χ1v) is 6.70. The first-order chi connectivity index (χ1) is 10.3. The fourth-order valence-electron chi connectivity index (χ4n) is 2.02. The molecule has 3 aromatic rings. The van der Waals surface area contributed by atoms with Crippen molar-refractivity contribution < 1.29 is 4.79 Å². The summed E-state index contributed by atoms with van der Waals surface area (Å²) >= 11 is 0. The van der Waals surface area contributed by atoms with Gasteiger partial charge in [-0.1, -0.05) is 48.5 Å². The SMILES string of the molecule is O=C(C=Cc1cnn(-c2ccccc2)c1)c1ccccc1. The van der Waals surface area contributed by atoms with Crippen molar-refractivity contribution in [2.45, 2.75) is 0 Å². The van der Waals surface area contributed by atoms with Crippen molar-refractivity contribution >= 4 is 11.9 Å². The number of rotatable bonds is 4. The second-order valence-electron chi connectivity index (χ2n) is 4.62. The summed E-state index contributed by atoms with van der Waals surface area (Å²) in [6.07, 6.45) is 6.98. The third kappa shape index (κ3) is 3.15. The van der Waals surface area contributed by atoms with Crippen molar-refractivity contribution in [3.63, 3.8) is 0 Å². The molecule has 0 saturated heterocycles. The van der Waals surface area contributed by atoms with E-state index in [0.717, 1.165) is 11.3 Å². The third-order valence-electron chi connectivity index (χ3n) is 3.11. The number of hydrogen-bond donors (Lipinski definition) is 0. The molecule has 3 heteroatoms. The van der Waals surface area contributed by atoms with Crippen LogP contribution >= 0.6 is 0 Å². The van der Waals surface area contributed by atoms with Crippen LogP contribution in [0.15, 0.2) is 79.1 Å². The lowest BCUT2D eigenvalue weighted by Crippen LogP contribution is -1.93. The average Bonchev–Trinajstić information content (AvgIpc) is 3.03. The second-order valence-corrected chi connectivity index (χ2v) is 4.62. The monoisotopic (exact) mass is 274 g/mol. The van der Waals surface area contributed by atoms with Crippen LogP contribution in [0.25, 0.3) is 11.8 Å². The van der Waals surface area contributed by atoms with Crippen molar-refractivity contribution in [3.05, 3.63) is 90.3 Å². The van der Waals surface area contributed by atoms with Gasteiger partial charge in [0, 0.05) is 17.3 Å². The maximum absolute atomic E-state index is 12.0. The van der Waals surface area contributed by atoms with E-state index in [-0.39, 0.29) is 5.78 Å². The Bertz CT molecular complexity index is 758. The van der Waals surface area contributed by atoms with Gasteiger partial charge in [-0.2, -0.15) is 5.10 Å². The standard InChI is InChI=1S/C18H14N2O/c21-18(16-7-3-1-4-8-16)12-11-15-13-19-20(14-15)17-9-5-2-6-10-17/h1-14H. The summed E-state index contributed by atoms with van der Waals surface area (Å²) in [5.74, 6) is -0.0111. The molecule has 0 N–H and O–H groups in total. The average molecular weight is 274 g/mol. The summed E-state index contributed by atoms with van der Waals surface area (Å²) in [6, 6.07) is 19.1. The van der Waals surface area contributed by atoms with Gasteiger partial charge in [-0.15, -0.1) is 0 Å². The minimum atomic E-state index is -0.0111. The van der Waals surface area contributed by atoms with E-state index in [1.807, 2.05) is 54.7 Å². The number of allylic oxidation sites excluding steroid dienone is 1. The molecule has 0 unspecified atom stereocenters. The molecule has 0 bridgehead atoms. The lowest BCUT2D eigenvalue weighted by atomic mass is 10.1. The van der Waals surface area contributed by atoms with E-state index in [4.69, 9.17) is 0 Å². The molecule has 0 atom stereocenters. The highest BCUT2D eigenvalue weighted by atomic mass is 16.1. The number of carbonyl (C=O) groups is 1. The molecule has 0 fully saturated rings. The first kappa shape index (κ1) is 13.1. The van der Waals surface area contributed by atoms with Gasteiger partial charge in [0.1, 0.15) is 0 Å². The predicted molar refractivity (Wildman–Crippen MR) is 83.4 cm³/mol. The minimum absolute atomic E-state index is 0.0111. The van der Waals surface area contributed by atoms with Gasteiger partial charge >= 0.3 is 0 Å². The van der Waals surface area contributed by atoms with E-state index >= 15 is 0 Å². The molecule has 0 amide bonds. The van der Waals surface area contributed by atoms with Crippen molar-refractivity contribution in [2.24, 2.45) is 0 Å². The smallest absolute Gasteiger partial charge is 0.185 e. The summed E-state index contributed by atoms with van der Waals surface area (Å²) in [7, 11) is 0. The Balaban J connectivity index is 1.76. The number of aromatic nitrogens is 2. The van der Waals surface area contributed by atoms with E-state index in [2.05, 4.69) is 5.10 Å². The van der Waals surface area contributed by atoms with Gasteiger partial charge in [0.05, 0.1) is 11.9 Å². The Hall–Kier alpha value is -2.94. The summed E-state index contributed by atoms with van der Waals surface area (Å²) < 4.78 is 1.78. The van der Waals surface area contributed by atoms with Crippen molar-refractivity contribution in [2.75, 3.05) is 0 Å². The van der Waals surface area contributed by atoms with Gasteiger partial charge in [0.25, 0.3) is 0 Å². The van der Waals surface area contributed by atoms with Crippen LogP contribution < -0.4 is 0 Å². The first-order valence-electron chi connectivity index (χ1n) is 6.70. The van der Waals surface area contributed by atoms with E-state index < -0.39 is 0 Å². The Morgan fingerprint density at radius 1 is 0.952 bits per heavy atom. The summed E-state index contributed by atoms with van der Waals surface area (Å²) in [6.45, 7) is 0. The van der Waals surface area contributed by atoms with Gasteiger partial charge in [-0.25, -0.2) is 4.68 Å². The largest absolute Gasteiger partial charge is 0.289 e. The van der Waals surface area contributed by atoms with Crippen LogP contribution in [0.2, 0.25) is 0 Å². The van der Waals surface area contributed by atoms with E-state index in [1.165, 1.54) is 0 Å². The van der Waals surface area contributed by atoms with Crippen LogP contribution in [0.1, 0.15) is 15.9 Å². The minimum Gasteiger partial charge on any atom is -0.289 e. The van der Waals surface area contributed by atoms with Gasteiger partial charge in [0.2, 0.25) is 0 Å². The molecule has 0 spiro atoms. The highest BCUT2D eigenvalue weighted by Gasteiger charge is 2.01. The number of hydrogen-bond acceptors (Lipinski definition) is 2. The zero-order valence-corrected chi connectivity index (χ0v) is 11.4. The van der Waals surface area contributed by atoms with Crippen molar-refractivity contribution in [1.82, 2.24) is 9.78 Å². The number of nitrogens with zero attached hydrogens (tertiary/aromatic N) is 2. The molecule has 0 aliphatic carbocycles. The van der Waals surface area contributed by atoms with E-state index in [0.29, 0.717) is 5.56 Å². The van der Waals surface area contributed by atoms with E-state index in [9.17, 15) is 4.79 Å². The Labute approximate surface area is 123 Å². The van der Waals surface area contributed by atoms with Crippen LogP contribution in [0, 0.1) is 0 Å². The van der Waals surface area contributed by atoms with Crippen LogP contribution in [-0.4, -0.2) is 15.6 Å². The number of benzene rings is 2. The van der Waals surface area contributed by atoms with Crippen molar-refractivity contribution in [3.8, 4) is 5.69 Å². The third-order valence-corrected chi connectivity index (χ3v) is 3.11. The Morgan fingerprint density at radius 3 is 2.33 bits per heavy atom. The molecular formula is C18H14N2O. The molecule has 102 valence electrons. The molecule has 0 aliphatic heterocycles. The second kappa shape index (κ2) is 6.01. The molecule has 21 heavy (non-hydrogen) atoms. The van der Waals surface area contributed by atoms with Crippen LogP contribution in [0.3, 0.4) is 0 Å². The Morgan fingerprint density at radius 2 is 1.62 bits per heavy atom. The summed E-state index contributed by atoms with van der Waals surface area (Å²) in [5, 5.41) is 4.29. The zero-order valence-electron chi connectivity index (χ0n) is 11.4. The molecule has 0 radical (unpaired) electrons. The summed E-state index contributed by atoms with van der Waals surface area (Å²) in [4.78, 5) is 12.0. The van der Waals surface area contributed by atoms with E-state index in [1.54, 1.807) is 35.2 Å². The maximum atomic E-state index is 12.0. The van der Waals surface area contributed by atoms with Gasteiger partial charge in [-0.3, -0.25) is 4.79 Å². The molecule has 0 aliphatic rings. The lowest BCUT2D eigenvalue weighted by Gasteiger charge is -1.98. The topological polar surface area (TPSA) is 34.9 Å². The highest BCUT2D eigenvalue weighted by molar-refractivity contribution is 6.06. The molecule has 1 aromatic heterocycles. The fourth-order valence-corrected chi connectivity index (χ4v) is 2.02. The normalized spacial score (nSPS) is 10.9. The summed E-state index contributed by atoms with van der Waals surface area (Å²) in [5.41, 5.74) is 2.57. The molecular weight excluding hydrogens is 260 g/mol. The van der Waals surface area contributed by atoms with Gasteiger partial charge < -0.3 is 0 Å². The van der Waals surface area contributed by atoms with Crippen LogP contribution in [-0.2, 0) is 0 Å². The quantitative estimate of drug-likeness (QED) is 0.536. The van der Waals surface area contributed by atoms with Crippen LogP contribution in [0.4, 0.5) is 0 Å². The molecule has 2 aromatic carbocycles. The Kier molecular flexibility index (Phi) is 3.74. The lowest BCUT2D eigenvalue weighted by molar-refractivity contribution is 0.104. The maximum Gasteiger partial charge on any atom is 0.185 e. The molecule has 1 heterocycles. The predicted octanol–water partition coefficient (Wildman–Crippen LogP) is 3.77. The van der Waals surface area contributed by atoms with Gasteiger partial charge in [-0.05, 0) is 24.3 Å². The molecule has 3 rings (SSSR count). The molecule has 0 saturated carbocycles. The fraction of sp³-hybridized carbons (Fsp3) is 0. The van der Waals surface area contributed by atoms with Crippen molar-refractivity contribution in [1.29, 1.82) is 0 Å². The number of para-hydroxylation sites is 1. The number of carbonyl (C=O) groups excluding carboxylic acids is 1. The highest BCUT2D eigenvalue weighted by Crippen LogP contribution is 2.09. The number of ketones is 1. The zero-order chi connectivity index (χ0) is 14.5. The van der Waals surface area contributed by atoms with Gasteiger partial charge in [0.15, 0.2) is 5.78 Å².